The molecule has 1 saturated heterocycles. The Hall–Kier alpha value is -7.07. The molecule has 0 radical (unpaired) electrons. The number of esters is 1. The molecular formula is C53H49FN4O4. The predicted octanol–water partition coefficient (Wildman–Crippen LogP) is 10.3. The van der Waals surface area contributed by atoms with Crippen LogP contribution in [0.3, 0.4) is 0 Å². The highest BCUT2D eigenvalue weighted by molar-refractivity contribution is 6.03. The maximum atomic E-state index is 14.0. The van der Waals surface area contributed by atoms with Crippen LogP contribution in [0.15, 0.2) is 146 Å². The molecule has 2 heterocycles. The van der Waals surface area contributed by atoms with Gasteiger partial charge in [-0.25, -0.2) is 9.07 Å². The van der Waals surface area contributed by atoms with E-state index in [1.54, 1.807) is 29.2 Å². The van der Waals surface area contributed by atoms with Crippen LogP contribution >= 0.6 is 0 Å². The Morgan fingerprint density at radius 1 is 0.855 bits per heavy atom. The van der Waals surface area contributed by atoms with Crippen LogP contribution in [-0.4, -0.2) is 33.5 Å². The molecule has 0 spiro atoms. The Morgan fingerprint density at radius 3 is 2.39 bits per heavy atom. The molecule has 0 aliphatic carbocycles. The van der Waals surface area contributed by atoms with Gasteiger partial charge in [0.25, 0.3) is 0 Å². The summed E-state index contributed by atoms with van der Waals surface area (Å²) < 4.78 is 26.9. The number of anilines is 1. The van der Waals surface area contributed by atoms with Gasteiger partial charge in [0.2, 0.25) is 5.91 Å². The average Bonchev–Trinajstić information content (AvgIpc) is 3.81. The van der Waals surface area contributed by atoms with Crippen LogP contribution < -0.4 is 4.90 Å². The lowest BCUT2D eigenvalue weighted by Crippen LogP contribution is -2.55. The quantitative estimate of drug-likeness (QED) is 0.0394. The zero-order chi connectivity index (χ0) is 42.9. The van der Waals surface area contributed by atoms with Crippen molar-refractivity contribution in [2.75, 3.05) is 11.5 Å². The molecular weight excluding hydrogens is 776 g/mol. The highest BCUT2D eigenvalue weighted by Crippen LogP contribution is 2.46. The van der Waals surface area contributed by atoms with E-state index in [2.05, 4.69) is 94.7 Å². The lowest BCUT2D eigenvalue weighted by molar-refractivity contribution is -0.147. The lowest BCUT2D eigenvalue weighted by Gasteiger charge is -2.48. The van der Waals surface area contributed by atoms with Crippen molar-refractivity contribution in [1.29, 1.82) is 0 Å². The Balaban J connectivity index is 0.998. The van der Waals surface area contributed by atoms with Crippen molar-refractivity contribution in [3.63, 3.8) is 0 Å². The molecule has 312 valence electrons. The monoisotopic (exact) mass is 824 g/mol. The molecule has 1 aliphatic rings. The van der Waals surface area contributed by atoms with E-state index in [9.17, 15) is 14.0 Å². The van der Waals surface area contributed by atoms with Gasteiger partial charge in [0.1, 0.15) is 18.5 Å². The maximum Gasteiger partial charge on any atom is 0.303 e. The summed E-state index contributed by atoms with van der Waals surface area (Å²) in [5.41, 5.74) is 7.69. The minimum absolute atomic E-state index is 0.0117. The van der Waals surface area contributed by atoms with Gasteiger partial charge in [0, 0.05) is 43.0 Å². The maximum absolute atomic E-state index is 14.0. The molecule has 5 aromatic carbocycles. The zero-order valence-electron chi connectivity index (χ0n) is 34.8. The van der Waals surface area contributed by atoms with Crippen molar-refractivity contribution in [3.05, 3.63) is 191 Å². The number of hydrogen-bond acceptors (Lipinski definition) is 6. The van der Waals surface area contributed by atoms with Crippen molar-refractivity contribution in [3.8, 4) is 23.7 Å². The first kappa shape index (κ1) is 43.0. The first-order chi connectivity index (χ1) is 30.4. The minimum atomic E-state index is -0.605. The van der Waals surface area contributed by atoms with E-state index in [1.807, 2.05) is 59.5 Å². The van der Waals surface area contributed by atoms with Crippen molar-refractivity contribution in [2.24, 2.45) is 5.92 Å². The zero-order valence-corrected chi connectivity index (χ0v) is 34.8. The SMILES string of the molecule is CC(=O)O[C@@H](CC[C@H]1C(=O)N(c2ccc(C#CCn3ccnn3)cc2)[C@@H]1c1ccc(CC=Cc2ccccc2C#CCCCCOCc2ccccc2)cc1)c1ccc(F)cc1. The summed E-state index contributed by atoms with van der Waals surface area (Å²) in [7, 11) is 0. The Labute approximate surface area is 363 Å². The van der Waals surface area contributed by atoms with Gasteiger partial charge in [-0.2, -0.15) is 0 Å². The molecule has 6 aromatic rings. The van der Waals surface area contributed by atoms with Gasteiger partial charge < -0.3 is 14.4 Å². The van der Waals surface area contributed by atoms with Crippen LogP contribution in [-0.2, 0) is 38.6 Å². The predicted molar refractivity (Wildman–Crippen MR) is 240 cm³/mol. The Kier molecular flexibility index (Phi) is 15.2. The highest BCUT2D eigenvalue weighted by atomic mass is 19.1. The number of hydrogen-bond donors (Lipinski definition) is 0. The number of allylic oxidation sites excluding steroid dienone is 1. The van der Waals surface area contributed by atoms with Gasteiger partial charge in [-0.05, 0) is 102 Å². The number of nitrogens with zero attached hydrogens (tertiary/aromatic N) is 4. The van der Waals surface area contributed by atoms with Crippen LogP contribution in [0.5, 0.6) is 0 Å². The molecule has 3 atom stereocenters. The standard InChI is InChI=1S/C53H49FN4O4/c1-40(59)62-51(46-27-29-48(54)30-28-46)34-33-50-52(58(53(50)60)49-31-23-42(24-32-49)16-12-36-57-37-35-55-56-57)47-25-21-41(22-26-47)15-11-20-45-19-9-8-18-44(45)17-7-2-3-10-38-61-39-43-13-5-4-6-14-43/h4-6,8-9,11,13-14,18-32,35,37,50-52H,2-3,10,15,33-34,36,38-39H2,1H3/t50-,51+,52-/m1/s1. The number of β-lactam (4-membered cyclic amide) rings is 1. The molecule has 62 heavy (non-hydrogen) atoms. The van der Waals surface area contributed by atoms with E-state index in [0.29, 0.717) is 31.6 Å². The molecule has 1 fully saturated rings. The molecule has 0 bridgehead atoms. The van der Waals surface area contributed by atoms with E-state index < -0.39 is 12.1 Å². The number of halogens is 1. The number of carbonyl (C=O) groups excluding carboxylic acids is 2. The first-order valence-electron chi connectivity index (χ1n) is 21.0. The normalized spacial score (nSPS) is 14.9. The van der Waals surface area contributed by atoms with Crippen LogP contribution in [0.1, 0.15) is 90.1 Å². The highest BCUT2D eigenvalue weighted by Gasteiger charge is 2.48. The smallest absolute Gasteiger partial charge is 0.303 e. The summed E-state index contributed by atoms with van der Waals surface area (Å²) in [6.07, 6.45) is 11.4. The van der Waals surface area contributed by atoms with Crippen molar-refractivity contribution in [2.45, 2.75) is 70.7 Å². The van der Waals surface area contributed by atoms with Crippen molar-refractivity contribution in [1.82, 2.24) is 15.0 Å². The van der Waals surface area contributed by atoms with Crippen LogP contribution in [0, 0.1) is 35.4 Å². The largest absolute Gasteiger partial charge is 0.458 e. The summed E-state index contributed by atoms with van der Waals surface area (Å²) in [5.74, 6) is 11.8. The number of unbranched alkanes of at least 4 members (excludes halogenated alkanes) is 2. The second-order valence-electron chi connectivity index (χ2n) is 15.2. The van der Waals surface area contributed by atoms with E-state index >= 15 is 0 Å². The fraction of sp³-hybridized carbons (Fsp3) is 0.245. The van der Waals surface area contributed by atoms with E-state index in [4.69, 9.17) is 9.47 Å². The van der Waals surface area contributed by atoms with Gasteiger partial charge in [-0.1, -0.05) is 126 Å². The van der Waals surface area contributed by atoms with E-state index in [-0.39, 0.29) is 23.7 Å². The Morgan fingerprint density at radius 2 is 1.63 bits per heavy atom. The first-order valence-corrected chi connectivity index (χ1v) is 21.0. The molecule has 1 aromatic heterocycles. The fourth-order valence-corrected chi connectivity index (χ4v) is 7.52. The summed E-state index contributed by atoms with van der Waals surface area (Å²) in [5, 5.41) is 7.76. The molecule has 1 aliphatic heterocycles. The molecule has 0 unspecified atom stereocenters. The van der Waals surface area contributed by atoms with Gasteiger partial charge in [-0.3, -0.25) is 9.59 Å². The second kappa shape index (κ2) is 22.0. The summed E-state index contributed by atoms with van der Waals surface area (Å²) >= 11 is 0. The third kappa shape index (κ3) is 12.0. The van der Waals surface area contributed by atoms with Crippen LogP contribution in [0.2, 0.25) is 0 Å². The lowest BCUT2D eigenvalue weighted by atomic mass is 9.78. The molecule has 8 nitrogen and oxygen atoms in total. The topological polar surface area (TPSA) is 86.6 Å². The molecule has 9 heteroatoms. The number of carbonyl (C=O) groups is 2. The molecule has 0 N–H and O–H groups in total. The number of benzene rings is 5. The van der Waals surface area contributed by atoms with Crippen LogP contribution in [0.4, 0.5) is 10.1 Å². The summed E-state index contributed by atoms with van der Waals surface area (Å²) in [6.45, 7) is 3.14. The number of aromatic nitrogens is 3. The van der Waals surface area contributed by atoms with Crippen molar-refractivity contribution >= 4 is 23.6 Å². The van der Waals surface area contributed by atoms with Gasteiger partial charge in [-0.15, -0.1) is 5.10 Å². The van der Waals surface area contributed by atoms with Crippen LogP contribution in [0.25, 0.3) is 6.08 Å². The van der Waals surface area contributed by atoms with Gasteiger partial charge >= 0.3 is 5.97 Å². The second-order valence-corrected chi connectivity index (χ2v) is 15.2. The average molecular weight is 825 g/mol. The number of rotatable bonds is 17. The minimum Gasteiger partial charge on any atom is -0.458 e. The van der Waals surface area contributed by atoms with E-state index in [1.165, 1.54) is 24.6 Å². The number of ether oxygens (including phenoxy) is 2. The number of amides is 1. The molecule has 7 rings (SSSR count). The summed E-state index contributed by atoms with van der Waals surface area (Å²) in [4.78, 5) is 27.9. The Bertz CT molecular complexity index is 2530. The summed E-state index contributed by atoms with van der Waals surface area (Å²) in [6, 6.07) is 40.2. The van der Waals surface area contributed by atoms with E-state index in [0.717, 1.165) is 65.8 Å². The molecule has 1 amide bonds. The van der Waals surface area contributed by atoms with Crippen molar-refractivity contribution < 1.29 is 23.5 Å². The fourth-order valence-electron chi connectivity index (χ4n) is 7.52. The van der Waals surface area contributed by atoms with Gasteiger partial charge in [0.15, 0.2) is 0 Å². The third-order valence-corrected chi connectivity index (χ3v) is 10.7. The molecule has 0 saturated carbocycles. The van der Waals surface area contributed by atoms with Gasteiger partial charge in [0.05, 0.1) is 24.8 Å². The third-order valence-electron chi connectivity index (χ3n) is 10.7.